The number of rotatable bonds is 3. The van der Waals surface area contributed by atoms with Crippen LogP contribution in [0.4, 0.5) is 5.69 Å². The van der Waals surface area contributed by atoms with Crippen molar-refractivity contribution in [1.82, 2.24) is 5.16 Å². The lowest BCUT2D eigenvalue weighted by Crippen LogP contribution is -1.92. The molecule has 0 aliphatic heterocycles. The molecule has 0 saturated heterocycles. The Kier molecular flexibility index (Phi) is 2.97. The van der Waals surface area contributed by atoms with Gasteiger partial charge >= 0.3 is 0 Å². The first kappa shape index (κ1) is 10.1. The van der Waals surface area contributed by atoms with Crippen LogP contribution in [0.25, 0.3) is 0 Å². The summed E-state index contributed by atoms with van der Waals surface area (Å²) in [5.41, 5.74) is 7.91. The third kappa shape index (κ3) is 2.33. The second-order valence-electron chi connectivity index (χ2n) is 3.25. The molecule has 0 unspecified atom stereocenters. The van der Waals surface area contributed by atoms with E-state index >= 15 is 0 Å². The Hall–Kier alpha value is -1.42. The van der Waals surface area contributed by atoms with Crippen molar-refractivity contribution in [2.75, 3.05) is 5.73 Å². The van der Waals surface area contributed by atoms with Gasteiger partial charge in [-0.05, 0) is 18.6 Å². The molecule has 0 saturated carbocycles. The van der Waals surface area contributed by atoms with Gasteiger partial charge in [0, 0.05) is 16.6 Å². The van der Waals surface area contributed by atoms with Gasteiger partial charge in [0.1, 0.15) is 5.76 Å². The largest absolute Gasteiger partial charge is 0.398 e. The normalized spacial score (nSPS) is 10.5. The van der Waals surface area contributed by atoms with Gasteiger partial charge in [-0.3, -0.25) is 0 Å². The average Bonchev–Trinajstić information content (AvgIpc) is 2.73. The molecular weight excluding hydrogens is 208 g/mol. The molecule has 0 spiro atoms. The Labute approximate surface area is 92.6 Å². The van der Waals surface area contributed by atoms with Gasteiger partial charge in [0.05, 0.1) is 11.9 Å². The van der Waals surface area contributed by atoms with Gasteiger partial charge in [-0.15, -0.1) is 11.8 Å². The molecule has 1 heterocycles. The van der Waals surface area contributed by atoms with Crippen molar-refractivity contribution in [2.45, 2.75) is 17.6 Å². The fourth-order valence-electron chi connectivity index (χ4n) is 1.25. The zero-order chi connectivity index (χ0) is 10.7. The minimum absolute atomic E-state index is 0.758. The summed E-state index contributed by atoms with van der Waals surface area (Å²) in [5.74, 6) is 1.62. The average molecular weight is 220 g/mol. The molecule has 2 aromatic rings. The van der Waals surface area contributed by atoms with E-state index < -0.39 is 0 Å². The molecule has 4 heteroatoms. The van der Waals surface area contributed by atoms with Gasteiger partial charge in [-0.25, -0.2) is 0 Å². The summed E-state index contributed by atoms with van der Waals surface area (Å²) in [4.78, 5) is 1.09. The molecule has 0 radical (unpaired) electrons. The number of nitrogens with two attached hydrogens (primary N) is 1. The molecule has 2 N–H and O–H groups in total. The minimum atomic E-state index is 0.758. The van der Waals surface area contributed by atoms with Gasteiger partial charge < -0.3 is 10.3 Å². The molecule has 2 rings (SSSR count). The fraction of sp³-hybridized carbons (Fsp3) is 0.182. The Balaban J connectivity index is 2.08. The summed E-state index contributed by atoms with van der Waals surface area (Å²) in [7, 11) is 0. The predicted octanol–water partition coefficient (Wildman–Crippen LogP) is 2.86. The van der Waals surface area contributed by atoms with Crippen molar-refractivity contribution in [2.24, 2.45) is 0 Å². The minimum Gasteiger partial charge on any atom is -0.398 e. The molecule has 78 valence electrons. The van der Waals surface area contributed by atoms with Crippen molar-refractivity contribution in [3.63, 3.8) is 0 Å². The highest BCUT2D eigenvalue weighted by Crippen LogP contribution is 2.29. The number of benzene rings is 1. The van der Waals surface area contributed by atoms with E-state index in [9.17, 15) is 0 Å². The molecular formula is C11H12N2OS. The number of thioether (sulfide) groups is 1. The first-order valence-electron chi connectivity index (χ1n) is 4.65. The molecule has 1 aromatic heterocycles. The third-order valence-corrected chi connectivity index (χ3v) is 3.24. The van der Waals surface area contributed by atoms with E-state index in [4.69, 9.17) is 10.3 Å². The molecule has 0 aliphatic carbocycles. The van der Waals surface area contributed by atoms with Crippen LogP contribution in [-0.2, 0) is 5.75 Å². The van der Waals surface area contributed by atoms with E-state index in [0.29, 0.717) is 0 Å². The second kappa shape index (κ2) is 4.40. The number of hydrogen-bond donors (Lipinski definition) is 1. The number of para-hydroxylation sites is 1. The molecule has 0 bridgehead atoms. The molecule has 0 aliphatic rings. The third-order valence-electron chi connectivity index (χ3n) is 2.15. The van der Waals surface area contributed by atoms with Gasteiger partial charge in [-0.1, -0.05) is 17.3 Å². The maximum Gasteiger partial charge on any atom is 0.146 e. The highest BCUT2D eigenvalue weighted by Gasteiger charge is 2.04. The van der Waals surface area contributed by atoms with Crippen LogP contribution in [0.2, 0.25) is 0 Å². The van der Waals surface area contributed by atoms with E-state index in [1.165, 1.54) is 0 Å². The van der Waals surface area contributed by atoms with Crippen LogP contribution in [0.3, 0.4) is 0 Å². The topological polar surface area (TPSA) is 52.0 Å². The maximum atomic E-state index is 5.95. The summed E-state index contributed by atoms with van der Waals surface area (Å²) in [6.45, 7) is 2.01. The lowest BCUT2D eigenvalue weighted by Gasteiger charge is -2.06. The SMILES string of the molecule is Cc1cccc(SCc2ccno2)c1N. The summed E-state index contributed by atoms with van der Waals surface area (Å²) in [5, 5.41) is 3.65. The molecule has 3 nitrogen and oxygen atoms in total. The van der Waals surface area contributed by atoms with E-state index in [1.807, 2.05) is 31.2 Å². The van der Waals surface area contributed by atoms with Crippen LogP contribution in [0, 0.1) is 6.92 Å². The maximum absolute atomic E-state index is 5.95. The number of nitrogen functional groups attached to an aromatic ring is 1. The summed E-state index contributed by atoms with van der Waals surface area (Å²) >= 11 is 1.66. The van der Waals surface area contributed by atoms with Crippen molar-refractivity contribution in [1.29, 1.82) is 0 Å². The quantitative estimate of drug-likeness (QED) is 0.638. The van der Waals surface area contributed by atoms with Crippen molar-refractivity contribution < 1.29 is 4.52 Å². The van der Waals surface area contributed by atoms with E-state index in [-0.39, 0.29) is 0 Å². The van der Waals surface area contributed by atoms with Crippen molar-refractivity contribution in [3.05, 3.63) is 41.8 Å². The lowest BCUT2D eigenvalue weighted by atomic mass is 10.2. The Bertz CT molecular complexity index is 440. The van der Waals surface area contributed by atoms with Crippen LogP contribution in [-0.4, -0.2) is 5.16 Å². The Morgan fingerprint density at radius 2 is 2.27 bits per heavy atom. The van der Waals surface area contributed by atoms with E-state index in [0.717, 1.165) is 27.7 Å². The Morgan fingerprint density at radius 3 is 3.00 bits per heavy atom. The van der Waals surface area contributed by atoms with E-state index in [1.54, 1.807) is 18.0 Å². The molecule has 15 heavy (non-hydrogen) atoms. The zero-order valence-electron chi connectivity index (χ0n) is 8.43. The van der Waals surface area contributed by atoms with Crippen LogP contribution < -0.4 is 5.73 Å². The van der Waals surface area contributed by atoms with E-state index in [2.05, 4.69) is 5.16 Å². The highest BCUT2D eigenvalue weighted by atomic mass is 32.2. The smallest absolute Gasteiger partial charge is 0.146 e. The summed E-state index contributed by atoms with van der Waals surface area (Å²) in [6, 6.07) is 7.89. The standard InChI is InChI=1S/C11H12N2OS/c1-8-3-2-4-10(11(8)12)15-7-9-5-6-13-14-9/h2-6H,7,12H2,1H3. The number of aryl methyl sites for hydroxylation is 1. The molecule has 0 amide bonds. The van der Waals surface area contributed by atoms with Crippen molar-refractivity contribution in [3.8, 4) is 0 Å². The first-order valence-corrected chi connectivity index (χ1v) is 5.63. The zero-order valence-corrected chi connectivity index (χ0v) is 9.25. The van der Waals surface area contributed by atoms with Crippen LogP contribution >= 0.6 is 11.8 Å². The molecule has 0 atom stereocenters. The lowest BCUT2D eigenvalue weighted by molar-refractivity contribution is 0.395. The fourth-order valence-corrected chi connectivity index (χ4v) is 2.18. The van der Waals surface area contributed by atoms with Crippen molar-refractivity contribution >= 4 is 17.4 Å². The number of nitrogens with zero attached hydrogens (tertiary/aromatic N) is 1. The first-order chi connectivity index (χ1) is 7.27. The van der Waals surface area contributed by atoms with Gasteiger partial charge in [0.2, 0.25) is 0 Å². The molecule has 0 fully saturated rings. The Morgan fingerprint density at radius 1 is 1.40 bits per heavy atom. The van der Waals surface area contributed by atoms with Crippen LogP contribution in [0.1, 0.15) is 11.3 Å². The second-order valence-corrected chi connectivity index (χ2v) is 4.27. The predicted molar refractivity (Wildman–Crippen MR) is 61.7 cm³/mol. The summed E-state index contributed by atoms with van der Waals surface area (Å²) < 4.78 is 5.01. The number of hydrogen-bond acceptors (Lipinski definition) is 4. The molecule has 1 aromatic carbocycles. The number of aromatic nitrogens is 1. The van der Waals surface area contributed by atoms with Crippen LogP contribution in [0.5, 0.6) is 0 Å². The number of anilines is 1. The van der Waals surface area contributed by atoms with Crippen LogP contribution in [0.15, 0.2) is 39.9 Å². The van der Waals surface area contributed by atoms with Gasteiger partial charge in [0.25, 0.3) is 0 Å². The van der Waals surface area contributed by atoms with Gasteiger partial charge in [0.15, 0.2) is 0 Å². The highest BCUT2D eigenvalue weighted by molar-refractivity contribution is 7.98. The van der Waals surface area contributed by atoms with Gasteiger partial charge in [-0.2, -0.15) is 0 Å². The summed E-state index contributed by atoms with van der Waals surface area (Å²) in [6.07, 6.45) is 1.65. The monoisotopic (exact) mass is 220 g/mol.